The molecule has 0 saturated carbocycles. The molecule has 2 atom stereocenters. The van der Waals surface area contributed by atoms with E-state index in [1.54, 1.807) is 0 Å². The van der Waals surface area contributed by atoms with Crippen molar-refractivity contribution in [2.45, 2.75) is 11.6 Å². The minimum absolute atomic E-state index is 0.477. The quantitative estimate of drug-likeness (QED) is 0.201. The molecule has 2 aliphatic carbocycles. The largest absolute Gasteiger partial charge is 0.456 e. The lowest BCUT2D eigenvalue weighted by Crippen LogP contribution is -2.36. The molecule has 0 fully saturated rings. The van der Waals surface area contributed by atoms with Gasteiger partial charge in [0.15, 0.2) is 6.17 Å². The molecule has 0 saturated heterocycles. The molecule has 2 heterocycles. The van der Waals surface area contributed by atoms with Crippen molar-refractivity contribution in [3.8, 4) is 22.3 Å². The summed E-state index contributed by atoms with van der Waals surface area (Å²) in [5, 5.41) is 8.36. The van der Waals surface area contributed by atoms with Crippen LogP contribution in [0.3, 0.4) is 0 Å². The Hall–Kier alpha value is -7.04. The maximum Gasteiger partial charge on any atom is 0.170 e. The Kier molecular flexibility index (Phi) is 6.01. The van der Waals surface area contributed by atoms with E-state index < -0.39 is 11.6 Å². The lowest BCUT2D eigenvalue weighted by Gasteiger charge is -2.31. The number of hydrogen-bond acceptors (Lipinski definition) is 4. The van der Waals surface area contributed by atoms with Crippen LogP contribution in [0.1, 0.15) is 45.1 Å². The fraction of sp³-hybridized carbons (Fsp3) is 0.0400. The first kappa shape index (κ1) is 29.5. The molecule has 2 unspecified atom stereocenters. The number of fused-ring (bicyclic) bond motifs is 15. The normalized spacial score (nSPS) is 17.9. The van der Waals surface area contributed by atoms with Crippen molar-refractivity contribution < 1.29 is 4.42 Å². The smallest absolute Gasteiger partial charge is 0.170 e. The van der Waals surface area contributed by atoms with Crippen LogP contribution in [0.15, 0.2) is 190 Å². The summed E-state index contributed by atoms with van der Waals surface area (Å²) in [6.07, 6.45) is -0.492. The van der Waals surface area contributed by atoms with Crippen LogP contribution in [0.2, 0.25) is 0 Å². The highest BCUT2D eigenvalue weighted by atomic mass is 16.3. The Labute approximate surface area is 311 Å². The Bertz CT molecular complexity index is 3100. The van der Waals surface area contributed by atoms with Crippen LogP contribution in [0, 0.1) is 0 Å². The van der Waals surface area contributed by atoms with Crippen LogP contribution in [-0.2, 0) is 5.41 Å². The fourth-order valence-corrected chi connectivity index (χ4v) is 9.55. The maximum absolute atomic E-state index is 6.33. The number of rotatable bonds is 3. The monoisotopic (exact) mass is 689 g/mol. The third-order valence-electron chi connectivity index (χ3n) is 11.8. The van der Waals surface area contributed by atoms with Crippen molar-refractivity contribution in [3.05, 3.63) is 215 Å². The van der Waals surface area contributed by atoms with Gasteiger partial charge in [0.2, 0.25) is 0 Å². The summed E-state index contributed by atoms with van der Waals surface area (Å²) in [5.41, 5.74) is 14.6. The van der Waals surface area contributed by atoms with E-state index >= 15 is 0 Å². The van der Waals surface area contributed by atoms with E-state index in [-0.39, 0.29) is 0 Å². The van der Waals surface area contributed by atoms with Crippen LogP contribution in [0.5, 0.6) is 0 Å². The summed E-state index contributed by atoms with van der Waals surface area (Å²) in [4.78, 5) is 10.8. The van der Waals surface area contributed by atoms with Crippen molar-refractivity contribution in [1.82, 2.24) is 5.32 Å². The first-order chi connectivity index (χ1) is 26.8. The molecule has 4 heteroatoms. The molecule has 3 aliphatic rings. The number of nitrogens with one attached hydrogen (secondary N) is 1. The van der Waals surface area contributed by atoms with Gasteiger partial charge in [-0.25, -0.2) is 9.98 Å². The van der Waals surface area contributed by atoms with E-state index in [4.69, 9.17) is 14.4 Å². The molecule has 1 aromatic heterocycles. The average Bonchev–Trinajstić information content (AvgIpc) is 3.87. The van der Waals surface area contributed by atoms with Gasteiger partial charge in [-0.15, -0.1) is 0 Å². The van der Waals surface area contributed by atoms with Crippen LogP contribution in [0.4, 0.5) is 0 Å². The Morgan fingerprint density at radius 2 is 1.07 bits per heavy atom. The first-order valence-electron chi connectivity index (χ1n) is 18.5. The van der Waals surface area contributed by atoms with Gasteiger partial charge >= 0.3 is 0 Å². The zero-order valence-corrected chi connectivity index (χ0v) is 29.1. The molecule has 4 nitrogen and oxygen atoms in total. The van der Waals surface area contributed by atoms with E-state index in [1.807, 2.05) is 18.2 Å². The van der Waals surface area contributed by atoms with E-state index in [2.05, 4.69) is 163 Å². The number of nitrogens with zero attached hydrogens (tertiary/aromatic N) is 2. The van der Waals surface area contributed by atoms with E-state index in [9.17, 15) is 0 Å². The molecule has 1 aliphatic heterocycles. The second-order valence-electron chi connectivity index (χ2n) is 14.4. The Balaban J connectivity index is 1.11. The van der Waals surface area contributed by atoms with Gasteiger partial charge in [0.1, 0.15) is 22.8 Å². The van der Waals surface area contributed by atoms with Crippen LogP contribution in [0.25, 0.3) is 55.0 Å². The molecule has 0 amide bonds. The van der Waals surface area contributed by atoms with Crippen LogP contribution in [-0.4, -0.2) is 11.7 Å². The van der Waals surface area contributed by atoms with Gasteiger partial charge in [0.25, 0.3) is 0 Å². The van der Waals surface area contributed by atoms with Gasteiger partial charge < -0.3 is 9.73 Å². The third-order valence-corrected chi connectivity index (χ3v) is 11.8. The summed E-state index contributed by atoms with van der Waals surface area (Å²) in [5.74, 6) is 1.55. The molecule has 0 bridgehead atoms. The minimum Gasteiger partial charge on any atom is -0.456 e. The highest BCUT2D eigenvalue weighted by Gasteiger charge is 2.52. The summed E-state index contributed by atoms with van der Waals surface area (Å²) in [6.45, 7) is 0. The number of para-hydroxylation sites is 1. The van der Waals surface area contributed by atoms with Crippen molar-refractivity contribution in [1.29, 1.82) is 0 Å². The topological polar surface area (TPSA) is 49.9 Å². The predicted octanol–water partition coefficient (Wildman–Crippen LogP) is 11.6. The van der Waals surface area contributed by atoms with E-state index in [1.165, 1.54) is 55.3 Å². The molecular formula is C50H31N3O. The van der Waals surface area contributed by atoms with Crippen molar-refractivity contribution in [2.75, 3.05) is 0 Å². The zero-order valence-electron chi connectivity index (χ0n) is 29.1. The molecule has 1 spiro atoms. The molecule has 1 N–H and O–H groups in total. The number of furan rings is 1. The van der Waals surface area contributed by atoms with Crippen LogP contribution >= 0.6 is 0 Å². The van der Waals surface area contributed by atoms with Gasteiger partial charge in [-0.1, -0.05) is 158 Å². The predicted molar refractivity (Wildman–Crippen MR) is 219 cm³/mol. The van der Waals surface area contributed by atoms with E-state index in [0.29, 0.717) is 0 Å². The Morgan fingerprint density at radius 1 is 0.444 bits per heavy atom. The summed E-state index contributed by atoms with van der Waals surface area (Å²) < 4.78 is 6.33. The standard InChI is InChI=1S/C50H31N3O/c1-2-14-31(15-3-1)47-51-48(32-25-27-35-34-17-8-11-24-43(34)54-44(35)29-32)53-49(52-47)38-20-12-23-41-46(38)37-19-7-10-22-40(37)50(41)39-21-9-6-18-36(39)45-33-16-5-4-13-30(33)26-28-42(45)50/h1-29,49H,(H,51,52,53). The van der Waals surface area contributed by atoms with Gasteiger partial charge in [0.05, 0.1) is 5.41 Å². The van der Waals surface area contributed by atoms with Gasteiger partial charge in [-0.3, -0.25) is 0 Å². The third kappa shape index (κ3) is 3.92. The molecule has 12 rings (SSSR count). The fourth-order valence-electron chi connectivity index (χ4n) is 9.55. The molecule has 252 valence electrons. The number of hydrogen-bond donors (Lipinski definition) is 1. The summed E-state index contributed by atoms with van der Waals surface area (Å²) in [7, 11) is 0. The number of benzene rings is 8. The van der Waals surface area contributed by atoms with Gasteiger partial charge in [-0.05, 0) is 73.5 Å². The highest BCUT2D eigenvalue weighted by molar-refractivity contribution is 6.17. The first-order valence-corrected chi connectivity index (χ1v) is 18.5. The number of amidine groups is 2. The lowest BCUT2D eigenvalue weighted by atomic mass is 9.70. The Morgan fingerprint density at radius 3 is 1.91 bits per heavy atom. The molecule has 8 aromatic carbocycles. The SMILES string of the molecule is c1ccc(C2=NC(c3cccc4c3-c3ccccc3C43c4ccccc4-c4c3ccc3ccccc43)N=C(c3ccc4c(c3)oc3ccccc34)N2)cc1. The molecule has 0 radical (unpaired) electrons. The summed E-state index contributed by atoms with van der Waals surface area (Å²) in [6, 6.07) is 63.1. The maximum atomic E-state index is 6.33. The van der Waals surface area contributed by atoms with Crippen molar-refractivity contribution in [2.24, 2.45) is 9.98 Å². The van der Waals surface area contributed by atoms with Crippen molar-refractivity contribution in [3.63, 3.8) is 0 Å². The lowest BCUT2D eigenvalue weighted by molar-refractivity contribution is 0.668. The van der Waals surface area contributed by atoms with Crippen LogP contribution < -0.4 is 5.32 Å². The van der Waals surface area contributed by atoms with Gasteiger partial charge in [-0.2, -0.15) is 0 Å². The molecule has 9 aromatic rings. The number of aliphatic imine (C=N–C) groups is 2. The average molecular weight is 690 g/mol. The molecule has 54 heavy (non-hydrogen) atoms. The van der Waals surface area contributed by atoms with Crippen molar-refractivity contribution >= 4 is 44.4 Å². The minimum atomic E-state index is -0.492. The van der Waals surface area contributed by atoms with E-state index in [0.717, 1.165) is 50.3 Å². The zero-order chi connectivity index (χ0) is 35.4. The summed E-state index contributed by atoms with van der Waals surface area (Å²) >= 11 is 0. The highest BCUT2D eigenvalue weighted by Crippen LogP contribution is 2.64. The van der Waals surface area contributed by atoms with Gasteiger partial charge in [0, 0.05) is 27.5 Å². The second kappa shape index (κ2) is 11.0. The molecular weight excluding hydrogens is 659 g/mol. The second-order valence-corrected chi connectivity index (χ2v) is 14.4.